The third-order valence-corrected chi connectivity index (χ3v) is 5.01. The van der Waals surface area contributed by atoms with E-state index < -0.39 is 23.2 Å². The van der Waals surface area contributed by atoms with Crippen molar-refractivity contribution in [3.63, 3.8) is 0 Å². The normalized spacial score (nSPS) is 18.9. The minimum atomic E-state index is -0.746. The summed E-state index contributed by atoms with van der Waals surface area (Å²) in [5, 5.41) is 10.4. The van der Waals surface area contributed by atoms with Gasteiger partial charge in [0, 0.05) is 12.1 Å². The van der Waals surface area contributed by atoms with Gasteiger partial charge in [-0.25, -0.2) is 4.79 Å². The predicted octanol–water partition coefficient (Wildman–Crippen LogP) is 1.61. The average molecular weight is 375 g/mol. The molecule has 2 heterocycles. The number of hydrogen-bond acceptors (Lipinski definition) is 6. The van der Waals surface area contributed by atoms with Crippen LogP contribution < -0.4 is 20.7 Å². The molecule has 2 unspecified atom stereocenters. The average Bonchev–Trinajstić information content (AvgIpc) is 2.63. The van der Waals surface area contributed by atoms with E-state index in [-0.39, 0.29) is 5.56 Å². The van der Waals surface area contributed by atoms with Gasteiger partial charge in [0.05, 0.1) is 25.8 Å². The second kappa shape index (κ2) is 7.87. The maximum absolute atomic E-state index is 12.6. The molecule has 3 rings (SSSR count). The summed E-state index contributed by atoms with van der Waals surface area (Å²) < 4.78 is 11.0. The monoisotopic (exact) mass is 375 g/mol. The molecule has 2 atom stereocenters. The minimum absolute atomic E-state index is 0.0928. The number of benzene rings is 1. The molecule has 1 aromatic heterocycles. The van der Waals surface area contributed by atoms with Crippen LogP contribution in [0.1, 0.15) is 36.9 Å². The minimum Gasteiger partial charge on any atom is -0.494 e. The standard InChI is InChI=1S/C19H25N3O5/c1-11-6-5-9-22(10-11)15(14-17(23)20-19(25)21-18(14)24)12-7-4-8-13(26-2)16(12)27-3/h4,7-8,11,15H,5-6,9-10H2,1-3H3,(H3,20,21,23,24,25). The van der Waals surface area contributed by atoms with E-state index in [4.69, 9.17) is 9.47 Å². The van der Waals surface area contributed by atoms with Crippen molar-refractivity contribution >= 4 is 0 Å². The molecule has 8 nitrogen and oxygen atoms in total. The highest BCUT2D eigenvalue weighted by Crippen LogP contribution is 2.41. The summed E-state index contributed by atoms with van der Waals surface area (Å²) >= 11 is 0. The van der Waals surface area contributed by atoms with Gasteiger partial charge in [0.15, 0.2) is 11.5 Å². The fourth-order valence-corrected chi connectivity index (χ4v) is 3.86. The van der Waals surface area contributed by atoms with Crippen LogP contribution in [0.5, 0.6) is 17.4 Å². The third-order valence-electron chi connectivity index (χ3n) is 5.01. The zero-order valence-electron chi connectivity index (χ0n) is 15.7. The fraction of sp³-hybridized carbons (Fsp3) is 0.474. The number of rotatable bonds is 5. The van der Waals surface area contributed by atoms with Crippen LogP contribution in [0.25, 0.3) is 0 Å². The lowest BCUT2D eigenvalue weighted by Gasteiger charge is -2.37. The molecule has 1 aliphatic heterocycles. The maximum Gasteiger partial charge on any atom is 0.328 e. The van der Waals surface area contributed by atoms with Crippen LogP contribution in [0.4, 0.5) is 0 Å². The number of nitrogens with one attached hydrogen (secondary N) is 2. The Morgan fingerprint density at radius 2 is 2.00 bits per heavy atom. The van der Waals surface area contributed by atoms with E-state index in [9.17, 15) is 14.7 Å². The van der Waals surface area contributed by atoms with E-state index in [1.807, 2.05) is 12.1 Å². The fourth-order valence-electron chi connectivity index (χ4n) is 3.86. The number of H-pyrrole nitrogens is 2. The van der Waals surface area contributed by atoms with E-state index in [0.717, 1.165) is 25.9 Å². The number of methoxy groups -OCH3 is 2. The van der Waals surface area contributed by atoms with Crippen molar-refractivity contribution in [1.82, 2.24) is 14.9 Å². The first-order chi connectivity index (χ1) is 13.0. The van der Waals surface area contributed by atoms with Crippen molar-refractivity contribution in [3.8, 4) is 17.4 Å². The van der Waals surface area contributed by atoms with Crippen LogP contribution in [-0.4, -0.2) is 47.3 Å². The lowest BCUT2D eigenvalue weighted by molar-refractivity contribution is 0.144. The van der Waals surface area contributed by atoms with Gasteiger partial charge in [-0.2, -0.15) is 0 Å². The van der Waals surface area contributed by atoms with E-state index in [2.05, 4.69) is 21.8 Å². The molecule has 0 spiro atoms. The van der Waals surface area contributed by atoms with E-state index in [0.29, 0.717) is 23.0 Å². The molecule has 0 aliphatic carbocycles. The third kappa shape index (κ3) is 3.71. The van der Waals surface area contributed by atoms with Crippen molar-refractivity contribution < 1.29 is 14.6 Å². The Morgan fingerprint density at radius 3 is 2.63 bits per heavy atom. The number of para-hydroxylation sites is 1. The molecule has 1 fully saturated rings. The molecule has 0 bridgehead atoms. The zero-order chi connectivity index (χ0) is 19.6. The van der Waals surface area contributed by atoms with Crippen LogP contribution in [0.15, 0.2) is 27.8 Å². The molecule has 1 aliphatic rings. The molecule has 2 aromatic rings. The Morgan fingerprint density at radius 1 is 1.22 bits per heavy atom. The Kier molecular flexibility index (Phi) is 5.55. The Labute approximate surface area is 156 Å². The number of aromatic hydroxyl groups is 1. The first kappa shape index (κ1) is 19.0. The molecular formula is C19H25N3O5. The summed E-state index contributed by atoms with van der Waals surface area (Å²) in [5.41, 5.74) is -0.581. The molecule has 0 amide bonds. The first-order valence-corrected chi connectivity index (χ1v) is 8.96. The molecule has 27 heavy (non-hydrogen) atoms. The van der Waals surface area contributed by atoms with E-state index in [1.54, 1.807) is 13.2 Å². The van der Waals surface area contributed by atoms with E-state index in [1.165, 1.54) is 7.11 Å². The Bertz CT molecular complexity index is 920. The van der Waals surface area contributed by atoms with Crippen LogP contribution in [-0.2, 0) is 0 Å². The van der Waals surface area contributed by atoms with Crippen molar-refractivity contribution in [2.24, 2.45) is 5.92 Å². The predicted molar refractivity (Wildman–Crippen MR) is 101 cm³/mol. The summed E-state index contributed by atoms with van der Waals surface area (Å²) in [5.74, 6) is 1.04. The summed E-state index contributed by atoms with van der Waals surface area (Å²) in [4.78, 5) is 30.8. The van der Waals surface area contributed by atoms with Crippen LogP contribution >= 0.6 is 0 Å². The number of likely N-dealkylation sites (tertiary alicyclic amines) is 1. The number of hydrogen-bond donors (Lipinski definition) is 3. The van der Waals surface area contributed by atoms with Crippen molar-refractivity contribution in [2.75, 3.05) is 27.3 Å². The number of piperidine rings is 1. The zero-order valence-corrected chi connectivity index (χ0v) is 15.7. The Balaban J connectivity index is 2.24. The number of aromatic nitrogens is 2. The van der Waals surface area contributed by atoms with Gasteiger partial charge in [0.25, 0.3) is 5.56 Å². The van der Waals surface area contributed by atoms with Gasteiger partial charge in [0.1, 0.15) is 0 Å². The van der Waals surface area contributed by atoms with Crippen molar-refractivity contribution in [3.05, 3.63) is 50.2 Å². The number of nitrogens with zero attached hydrogens (tertiary/aromatic N) is 1. The molecule has 1 aromatic carbocycles. The second-order valence-electron chi connectivity index (χ2n) is 6.90. The highest BCUT2D eigenvalue weighted by molar-refractivity contribution is 5.51. The highest BCUT2D eigenvalue weighted by atomic mass is 16.5. The van der Waals surface area contributed by atoms with Gasteiger partial charge in [-0.15, -0.1) is 0 Å². The first-order valence-electron chi connectivity index (χ1n) is 8.96. The smallest absolute Gasteiger partial charge is 0.328 e. The van der Waals surface area contributed by atoms with Gasteiger partial charge in [-0.05, 0) is 31.4 Å². The van der Waals surface area contributed by atoms with Gasteiger partial charge in [-0.1, -0.05) is 19.1 Å². The van der Waals surface area contributed by atoms with Gasteiger partial charge >= 0.3 is 5.69 Å². The Hall–Kier alpha value is -2.74. The summed E-state index contributed by atoms with van der Waals surface area (Å²) in [6, 6.07) is 4.84. The lowest BCUT2D eigenvalue weighted by Crippen LogP contribution is -2.41. The largest absolute Gasteiger partial charge is 0.494 e. The molecule has 0 saturated carbocycles. The molecule has 3 N–H and O–H groups in total. The molecule has 8 heteroatoms. The summed E-state index contributed by atoms with van der Waals surface area (Å²) in [6.07, 6.45) is 2.08. The molecule has 146 valence electrons. The maximum atomic E-state index is 12.6. The topological polar surface area (TPSA) is 108 Å². The quantitative estimate of drug-likeness (QED) is 0.733. The number of ether oxygens (including phenoxy) is 2. The van der Waals surface area contributed by atoms with Crippen molar-refractivity contribution in [1.29, 1.82) is 0 Å². The van der Waals surface area contributed by atoms with Crippen LogP contribution in [0.3, 0.4) is 0 Å². The summed E-state index contributed by atoms with van der Waals surface area (Å²) in [7, 11) is 3.08. The van der Waals surface area contributed by atoms with Gasteiger partial charge in [0.2, 0.25) is 5.88 Å². The van der Waals surface area contributed by atoms with Gasteiger partial charge < -0.3 is 14.6 Å². The lowest BCUT2D eigenvalue weighted by atomic mass is 9.92. The van der Waals surface area contributed by atoms with Crippen molar-refractivity contribution in [2.45, 2.75) is 25.8 Å². The van der Waals surface area contributed by atoms with Crippen LogP contribution in [0.2, 0.25) is 0 Å². The molecule has 1 saturated heterocycles. The molecule has 0 radical (unpaired) electrons. The summed E-state index contributed by atoms with van der Waals surface area (Å²) in [6.45, 7) is 3.67. The van der Waals surface area contributed by atoms with Gasteiger partial charge in [-0.3, -0.25) is 19.7 Å². The molecular weight excluding hydrogens is 350 g/mol. The highest BCUT2D eigenvalue weighted by Gasteiger charge is 2.33. The second-order valence-corrected chi connectivity index (χ2v) is 6.90. The number of aromatic amines is 2. The van der Waals surface area contributed by atoms with Crippen LogP contribution in [0, 0.1) is 5.92 Å². The van der Waals surface area contributed by atoms with E-state index >= 15 is 0 Å². The SMILES string of the molecule is COc1cccc(C(c2c(O)[nH]c(=O)[nH]c2=O)N2CCCC(C)C2)c1OC.